The fraction of sp³-hybridized carbons (Fsp3) is 0.435. The Labute approximate surface area is 181 Å². The van der Waals surface area contributed by atoms with Gasteiger partial charge in [0, 0.05) is 28.4 Å². The van der Waals surface area contributed by atoms with Gasteiger partial charge < -0.3 is 14.6 Å². The van der Waals surface area contributed by atoms with Crippen LogP contribution in [-0.4, -0.2) is 34.1 Å². The number of fused-ring (bicyclic) bond motifs is 1. The summed E-state index contributed by atoms with van der Waals surface area (Å²) in [6, 6.07) is 9.31. The zero-order chi connectivity index (χ0) is 21.8. The minimum Gasteiger partial charge on any atom is -0.457 e. The Kier molecular flexibility index (Phi) is 7.02. The zero-order valence-corrected chi connectivity index (χ0v) is 18.7. The van der Waals surface area contributed by atoms with Crippen LogP contribution in [0.1, 0.15) is 48.4 Å². The van der Waals surface area contributed by atoms with Crippen molar-refractivity contribution in [3.05, 3.63) is 47.3 Å². The fourth-order valence-electron chi connectivity index (χ4n) is 3.48. The third-order valence-corrected chi connectivity index (χ3v) is 6.50. The predicted octanol–water partition coefficient (Wildman–Crippen LogP) is 4.38. The summed E-state index contributed by atoms with van der Waals surface area (Å²) < 4.78 is 7.34. The van der Waals surface area contributed by atoms with E-state index < -0.39 is 11.2 Å². The first-order valence-electron chi connectivity index (χ1n) is 10.2. The van der Waals surface area contributed by atoms with E-state index in [0.29, 0.717) is 11.5 Å². The van der Waals surface area contributed by atoms with E-state index in [2.05, 4.69) is 23.7 Å². The van der Waals surface area contributed by atoms with Crippen LogP contribution < -0.4 is 5.32 Å². The Morgan fingerprint density at radius 2 is 1.97 bits per heavy atom. The first-order chi connectivity index (χ1) is 14.3. The summed E-state index contributed by atoms with van der Waals surface area (Å²) >= 11 is 1.34. The Morgan fingerprint density at radius 1 is 1.23 bits per heavy atom. The number of hydrogen-bond acceptors (Lipinski definition) is 5. The topological polar surface area (TPSA) is 77.4 Å². The van der Waals surface area contributed by atoms with Crippen molar-refractivity contribution in [2.24, 2.45) is 5.92 Å². The first-order valence-corrected chi connectivity index (χ1v) is 11.1. The maximum absolute atomic E-state index is 12.6. The van der Waals surface area contributed by atoms with Gasteiger partial charge in [-0.1, -0.05) is 26.0 Å². The molecule has 1 aliphatic heterocycles. The van der Waals surface area contributed by atoms with Crippen LogP contribution in [0.2, 0.25) is 0 Å². The van der Waals surface area contributed by atoms with Crippen molar-refractivity contribution in [1.82, 2.24) is 4.57 Å². The van der Waals surface area contributed by atoms with E-state index in [9.17, 15) is 14.4 Å². The molecule has 7 heteroatoms. The van der Waals surface area contributed by atoms with E-state index in [-0.39, 0.29) is 24.7 Å². The number of anilines is 1. The molecule has 0 saturated carbocycles. The van der Waals surface area contributed by atoms with Crippen LogP contribution in [0.5, 0.6) is 0 Å². The van der Waals surface area contributed by atoms with Gasteiger partial charge in [-0.25, -0.2) is 0 Å². The average molecular weight is 429 g/mol. The summed E-state index contributed by atoms with van der Waals surface area (Å²) in [6.07, 6.45) is 0.953. The molecular weight excluding hydrogens is 400 g/mol. The molecule has 1 unspecified atom stereocenters. The molecule has 30 heavy (non-hydrogen) atoms. The molecule has 6 nitrogen and oxygen atoms in total. The Bertz CT molecular complexity index is 964. The molecule has 1 amide bonds. The number of nitrogens with zero attached hydrogens (tertiary/aromatic N) is 1. The van der Waals surface area contributed by atoms with Gasteiger partial charge in [-0.15, -0.1) is 11.8 Å². The van der Waals surface area contributed by atoms with Crippen LogP contribution in [0.25, 0.3) is 0 Å². The minimum absolute atomic E-state index is 0.0779. The maximum Gasteiger partial charge on any atom is 0.307 e. The first kappa shape index (κ1) is 22.2. The highest BCUT2D eigenvalue weighted by Gasteiger charge is 2.29. The molecular formula is C23H28N2O4S. The lowest BCUT2D eigenvalue weighted by Crippen LogP contribution is -2.31. The normalized spacial score (nSPS) is 15.6. The van der Waals surface area contributed by atoms with Gasteiger partial charge in [-0.3, -0.25) is 14.4 Å². The molecule has 1 aliphatic rings. The van der Waals surface area contributed by atoms with Crippen LogP contribution in [0.4, 0.5) is 5.69 Å². The number of aromatic nitrogens is 1. The SMILES string of the molecule is Cc1cc(C(=O)COC(=O)CC2Sc3ccccc3NC2=O)c(C)n1CCC(C)C. The van der Waals surface area contributed by atoms with Gasteiger partial charge in [0.25, 0.3) is 0 Å². The zero-order valence-electron chi connectivity index (χ0n) is 17.9. The van der Waals surface area contributed by atoms with Crippen molar-refractivity contribution in [3.63, 3.8) is 0 Å². The van der Waals surface area contributed by atoms with Crippen molar-refractivity contribution in [1.29, 1.82) is 0 Å². The molecule has 0 bridgehead atoms. The van der Waals surface area contributed by atoms with Gasteiger partial charge in [0.15, 0.2) is 6.61 Å². The summed E-state index contributed by atoms with van der Waals surface area (Å²) in [7, 11) is 0. The molecule has 1 atom stereocenters. The lowest BCUT2D eigenvalue weighted by molar-refractivity contribution is -0.143. The molecule has 3 rings (SSSR count). The van der Waals surface area contributed by atoms with Gasteiger partial charge >= 0.3 is 5.97 Å². The lowest BCUT2D eigenvalue weighted by Gasteiger charge is -2.23. The van der Waals surface area contributed by atoms with Crippen LogP contribution in [0, 0.1) is 19.8 Å². The van der Waals surface area contributed by atoms with Crippen LogP contribution in [-0.2, 0) is 20.9 Å². The average Bonchev–Trinajstić information content (AvgIpc) is 2.98. The van der Waals surface area contributed by atoms with E-state index in [0.717, 1.165) is 34.9 Å². The van der Waals surface area contributed by atoms with Gasteiger partial charge in [0.1, 0.15) is 0 Å². The van der Waals surface area contributed by atoms with E-state index in [4.69, 9.17) is 4.74 Å². The quantitative estimate of drug-likeness (QED) is 0.499. The third-order valence-electron chi connectivity index (χ3n) is 5.23. The fourth-order valence-corrected chi connectivity index (χ4v) is 4.57. The van der Waals surface area contributed by atoms with E-state index in [1.54, 1.807) is 0 Å². The van der Waals surface area contributed by atoms with Crippen molar-refractivity contribution >= 4 is 35.1 Å². The number of hydrogen-bond donors (Lipinski definition) is 1. The number of aryl methyl sites for hydroxylation is 1. The number of nitrogens with one attached hydrogen (secondary N) is 1. The summed E-state index contributed by atoms with van der Waals surface area (Å²) in [5.41, 5.74) is 3.26. The molecule has 0 fully saturated rings. The number of amides is 1. The second-order valence-electron chi connectivity index (χ2n) is 8.00. The van der Waals surface area contributed by atoms with Gasteiger partial charge in [-0.05, 0) is 44.4 Å². The standard InChI is InChI=1S/C23H28N2O4S/c1-14(2)9-10-25-15(3)11-17(16(25)4)19(26)13-29-22(27)12-21-23(28)24-18-7-5-6-8-20(18)30-21/h5-8,11,14,21H,9-10,12-13H2,1-4H3,(H,24,28). The molecule has 1 aromatic carbocycles. The molecule has 0 aliphatic carbocycles. The van der Waals surface area contributed by atoms with Crippen molar-refractivity contribution in [2.45, 2.75) is 57.2 Å². The number of esters is 1. The molecule has 0 saturated heterocycles. The van der Waals surface area contributed by atoms with Crippen LogP contribution in [0.3, 0.4) is 0 Å². The molecule has 0 radical (unpaired) electrons. The molecule has 160 valence electrons. The predicted molar refractivity (Wildman–Crippen MR) is 118 cm³/mol. The largest absolute Gasteiger partial charge is 0.457 e. The van der Waals surface area contributed by atoms with Crippen LogP contribution >= 0.6 is 11.8 Å². The highest BCUT2D eigenvalue weighted by atomic mass is 32.2. The van der Waals surface area contributed by atoms with E-state index in [1.165, 1.54) is 11.8 Å². The van der Waals surface area contributed by atoms with Crippen LogP contribution in [0.15, 0.2) is 35.2 Å². The van der Waals surface area contributed by atoms with Crippen molar-refractivity contribution in [3.8, 4) is 0 Å². The third kappa shape index (κ3) is 5.14. The Balaban J connectivity index is 1.56. The number of ether oxygens (including phenoxy) is 1. The van der Waals surface area contributed by atoms with Gasteiger partial charge in [0.05, 0.1) is 17.4 Å². The highest BCUT2D eigenvalue weighted by molar-refractivity contribution is 8.01. The monoisotopic (exact) mass is 428 g/mol. The number of para-hydroxylation sites is 1. The number of benzene rings is 1. The van der Waals surface area contributed by atoms with Crippen molar-refractivity contribution < 1.29 is 19.1 Å². The van der Waals surface area contributed by atoms with Gasteiger partial charge in [-0.2, -0.15) is 0 Å². The van der Waals surface area contributed by atoms with E-state index in [1.807, 2.05) is 44.2 Å². The number of carbonyl (C=O) groups is 3. The summed E-state index contributed by atoms with van der Waals surface area (Å²) in [4.78, 5) is 38.0. The van der Waals surface area contributed by atoms with E-state index >= 15 is 0 Å². The smallest absolute Gasteiger partial charge is 0.307 e. The summed E-state index contributed by atoms with van der Waals surface area (Å²) in [6.45, 7) is 8.78. The molecule has 1 N–H and O–H groups in total. The van der Waals surface area contributed by atoms with Gasteiger partial charge in [0.2, 0.25) is 11.7 Å². The summed E-state index contributed by atoms with van der Waals surface area (Å²) in [5, 5.41) is 2.24. The maximum atomic E-state index is 12.6. The summed E-state index contributed by atoms with van der Waals surface area (Å²) in [5.74, 6) is -0.425. The highest BCUT2D eigenvalue weighted by Crippen LogP contribution is 2.36. The minimum atomic E-state index is -0.566. The number of thioether (sulfide) groups is 1. The number of Topliss-reactive ketones (excluding diaryl/α,β-unsaturated/α-hetero) is 1. The second kappa shape index (κ2) is 9.51. The number of carbonyl (C=O) groups excluding carboxylic acids is 3. The number of ketones is 1. The lowest BCUT2D eigenvalue weighted by atomic mass is 10.1. The number of rotatable bonds is 8. The molecule has 1 aromatic heterocycles. The molecule has 2 heterocycles. The Hall–Kier alpha value is -2.54. The second-order valence-corrected chi connectivity index (χ2v) is 9.24. The molecule has 2 aromatic rings. The Morgan fingerprint density at radius 3 is 2.70 bits per heavy atom. The molecule has 0 spiro atoms. The van der Waals surface area contributed by atoms with Crippen molar-refractivity contribution in [2.75, 3.05) is 11.9 Å².